The number of azo groups is 1. The first-order valence-corrected chi connectivity index (χ1v) is 20.9. The molecule has 21 nitrogen and oxygen atoms in total. The van der Waals surface area contributed by atoms with Gasteiger partial charge in [-0.05, 0) is 89.0 Å². The number of aliphatic carboxylic acids is 1. The number of nitrogens with two attached hydrogens (primary N) is 6. The third-order valence-electron chi connectivity index (χ3n) is 10.1. The van der Waals surface area contributed by atoms with Crippen molar-refractivity contribution >= 4 is 47.3 Å². The van der Waals surface area contributed by atoms with Crippen molar-refractivity contribution in [1.29, 1.82) is 0 Å². The van der Waals surface area contributed by atoms with Crippen LogP contribution in [-0.2, 0) is 28.8 Å². The highest BCUT2D eigenvalue weighted by Crippen LogP contribution is 2.27. The van der Waals surface area contributed by atoms with Crippen molar-refractivity contribution in [3.8, 4) is 0 Å². The molecule has 0 radical (unpaired) electrons. The Labute approximate surface area is 353 Å². The predicted octanol–water partition coefficient (Wildman–Crippen LogP) is -0.239. The third kappa shape index (κ3) is 22.3. The summed E-state index contributed by atoms with van der Waals surface area (Å²) in [6.07, 6.45) is 7.71. The Morgan fingerprint density at radius 2 is 1.38 bits per heavy atom. The number of carbonyl (C=O) groups is 6. The molecule has 0 fully saturated rings. The number of allylic oxidation sites excluding steroid dienone is 1. The zero-order valence-electron chi connectivity index (χ0n) is 35.9. The number of Topliss-reactive ketones (excluding diaryl/α,β-unsaturated/α-hetero) is 1. The van der Waals surface area contributed by atoms with Crippen LogP contribution in [-0.4, -0.2) is 109 Å². The smallest absolute Gasteiger partial charge is 0.326 e. The number of nitrogens with zero attached hydrogens (tertiary/aromatic N) is 4. The van der Waals surface area contributed by atoms with Crippen LogP contribution in [0.5, 0.6) is 0 Å². The highest BCUT2D eigenvalue weighted by atomic mass is 16.4. The molecule has 17 N–H and O–H groups in total. The van der Waals surface area contributed by atoms with E-state index in [1.807, 2.05) is 13.0 Å². The van der Waals surface area contributed by atoms with Gasteiger partial charge in [-0.3, -0.25) is 34.0 Å². The number of hydrogen-bond donors (Lipinski definition) is 11. The second-order valence-corrected chi connectivity index (χ2v) is 15.7. The topological polar surface area (TPSA) is 376 Å². The Kier molecular flexibility index (Phi) is 25.6. The van der Waals surface area contributed by atoms with Crippen LogP contribution in [0.4, 0.5) is 0 Å². The largest absolute Gasteiger partial charge is 0.480 e. The molecular formula is C39H72N14O7. The second kappa shape index (κ2) is 29.1. The molecule has 0 saturated heterocycles. The van der Waals surface area contributed by atoms with Gasteiger partial charge in [-0.2, -0.15) is 10.2 Å². The Morgan fingerprint density at radius 1 is 0.783 bits per heavy atom. The van der Waals surface area contributed by atoms with Crippen molar-refractivity contribution in [3.05, 3.63) is 11.8 Å². The van der Waals surface area contributed by atoms with Crippen LogP contribution in [0.15, 0.2) is 32.0 Å². The quantitative estimate of drug-likeness (QED) is 0.0253. The predicted molar refractivity (Wildman–Crippen MR) is 230 cm³/mol. The van der Waals surface area contributed by atoms with E-state index in [-0.39, 0.29) is 73.6 Å². The van der Waals surface area contributed by atoms with Crippen LogP contribution in [0.1, 0.15) is 111 Å². The molecule has 2 unspecified atom stereocenters. The fourth-order valence-corrected chi connectivity index (χ4v) is 6.51. The van der Waals surface area contributed by atoms with Crippen molar-refractivity contribution in [2.45, 2.75) is 141 Å². The van der Waals surface area contributed by atoms with Gasteiger partial charge in [0.15, 0.2) is 17.7 Å². The lowest BCUT2D eigenvalue weighted by Crippen LogP contribution is -2.58. The molecule has 0 spiro atoms. The molecule has 4 amide bonds. The van der Waals surface area contributed by atoms with E-state index in [9.17, 15) is 33.9 Å². The number of rotatable bonds is 30. The molecule has 0 aromatic carbocycles. The minimum Gasteiger partial charge on any atom is -0.480 e. The summed E-state index contributed by atoms with van der Waals surface area (Å²) in [6.45, 7) is 8.39. The maximum absolute atomic E-state index is 13.6. The van der Waals surface area contributed by atoms with Gasteiger partial charge in [-0.15, -0.1) is 0 Å². The van der Waals surface area contributed by atoms with Crippen molar-refractivity contribution in [2.75, 3.05) is 26.2 Å². The molecule has 21 heteroatoms. The lowest BCUT2D eigenvalue weighted by molar-refractivity contribution is -0.142. The Bertz CT molecular complexity index is 1510. The van der Waals surface area contributed by atoms with E-state index >= 15 is 0 Å². The van der Waals surface area contributed by atoms with E-state index in [2.05, 4.69) is 41.5 Å². The van der Waals surface area contributed by atoms with Crippen LogP contribution in [0.3, 0.4) is 0 Å². The number of guanidine groups is 2. The third-order valence-corrected chi connectivity index (χ3v) is 10.1. The van der Waals surface area contributed by atoms with Crippen LogP contribution in [0, 0.1) is 17.8 Å². The number of aliphatic imine (C=N–C) groups is 2. The summed E-state index contributed by atoms with van der Waals surface area (Å²) >= 11 is 0. The van der Waals surface area contributed by atoms with Crippen molar-refractivity contribution < 1.29 is 33.9 Å². The molecule has 1 rings (SSSR count). The van der Waals surface area contributed by atoms with Gasteiger partial charge in [0.2, 0.25) is 23.6 Å². The lowest BCUT2D eigenvalue weighted by Gasteiger charge is -2.27. The Balaban J connectivity index is 2.82. The molecule has 0 aromatic heterocycles. The number of carboxylic acid groups (broad SMARTS) is 1. The van der Waals surface area contributed by atoms with Gasteiger partial charge in [0.1, 0.15) is 18.1 Å². The molecule has 7 atom stereocenters. The highest BCUT2D eigenvalue weighted by molar-refractivity contribution is 5.95. The Morgan fingerprint density at radius 3 is 1.98 bits per heavy atom. The Hall–Kier alpha value is -5.18. The molecule has 0 saturated carbocycles. The molecule has 0 bridgehead atoms. The van der Waals surface area contributed by atoms with E-state index in [1.165, 1.54) is 6.92 Å². The number of carboxylic acids is 1. The zero-order chi connectivity index (χ0) is 45.2. The molecule has 0 aromatic rings. The summed E-state index contributed by atoms with van der Waals surface area (Å²) in [5.41, 5.74) is 33.9. The van der Waals surface area contributed by atoms with Gasteiger partial charge >= 0.3 is 5.97 Å². The van der Waals surface area contributed by atoms with Gasteiger partial charge in [-0.1, -0.05) is 39.7 Å². The first-order valence-electron chi connectivity index (χ1n) is 20.9. The average molecular weight is 849 g/mol. The standard InChI is InChI=1S/C39H72N14O7/c1-23(2)33(36(58)50-29(25(4)54)15-11-19-47-39(44)45)52-35(57)30(13-7-9-17-40)51-34(56)28(41)21-27-20-24(3)26(22-48-53-27)12-5-6-14-31(37(59)60)49-32(55)16-8-10-18-46-38(42)43/h20,23-24,26,28-31,33H,5-19,21-22,40-41H2,1-4H3,(H,49,55)(H,50,58)(H,51,56)(H,52,57)(H,59,60)(H4,42,43,46)(H4,44,45,47)/t24?,26?,28-,29-,30-,31+,33-/m1/s1. The number of nitrogens with one attached hydrogen (secondary N) is 4. The van der Waals surface area contributed by atoms with Crippen LogP contribution in [0.25, 0.3) is 0 Å². The minimum atomic E-state index is -1.09. The van der Waals surface area contributed by atoms with E-state index in [4.69, 9.17) is 34.4 Å². The molecule has 1 heterocycles. The van der Waals surface area contributed by atoms with Gasteiger partial charge < -0.3 is 60.8 Å². The van der Waals surface area contributed by atoms with Crippen LogP contribution < -0.4 is 55.7 Å². The first kappa shape index (κ1) is 52.8. The van der Waals surface area contributed by atoms with E-state index in [0.717, 1.165) is 6.42 Å². The lowest BCUT2D eigenvalue weighted by atomic mass is 9.88. The van der Waals surface area contributed by atoms with E-state index < -0.39 is 53.9 Å². The fourth-order valence-electron chi connectivity index (χ4n) is 6.51. The van der Waals surface area contributed by atoms with Gasteiger partial charge in [0.25, 0.3) is 0 Å². The molecule has 0 aliphatic carbocycles. The second-order valence-electron chi connectivity index (χ2n) is 15.7. The van der Waals surface area contributed by atoms with Gasteiger partial charge in [-0.25, -0.2) is 4.79 Å². The van der Waals surface area contributed by atoms with Gasteiger partial charge in [0, 0.05) is 25.9 Å². The summed E-state index contributed by atoms with van der Waals surface area (Å²) in [6, 6.07) is -4.89. The maximum atomic E-state index is 13.6. The monoisotopic (exact) mass is 849 g/mol. The maximum Gasteiger partial charge on any atom is 0.326 e. The highest BCUT2D eigenvalue weighted by Gasteiger charge is 2.32. The zero-order valence-corrected chi connectivity index (χ0v) is 35.9. The normalized spacial score (nSPS) is 17.4. The SMILES string of the molecule is CC(=O)[C@@H](CCCN=C(N)N)NC(=O)[C@H](NC(=O)[C@@H](CCCCN)NC(=O)[C@H](N)CC1=CC(C)C(CCCC[C@H](NC(=O)CCCCN=C(N)N)C(=O)O)CN=N1)C(C)C. The molecule has 1 aliphatic rings. The van der Waals surface area contributed by atoms with Crippen molar-refractivity contribution in [2.24, 2.45) is 72.4 Å². The van der Waals surface area contributed by atoms with Crippen molar-refractivity contribution in [1.82, 2.24) is 21.3 Å². The number of ketones is 1. The average Bonchev–Trinajstić information content (AvgIpc) is 3.34. The van der Waals surface area contributed by atoms with Crippen molar-refractivity contribution in [3.63, 3.8) is 0 Å². The van der Waals surface area contributed by atoms with E-state index in [0.29, 0.717) is 76.7 Å². The van der Waals surface area contributed by atoms with Gasteiger partial charge in [0.05, 0.1) is 24.3 Å². The summed E-state index contributed by atoms with van der Waals surface area (Å²) in [5.74, 6) is -3.71. The van der Waals surface area contributed by atoms with Crippen LogP contribution in [0.2, 0.25) is 0 Å². The first-order chi connectivity index (χ1) is 28.4. The number of unbranched alkanes of at least 4 members (excludes halogenated alkanes) is 3. The number of carbonyl (C=O) groups excluding carboxylic acids is 5. The fraction of sp³-hybridized carbons (Fsp3) is 0.744. The number of hydrogen-bond acceptors (Lipinski definition) is 12. The number of amides is 4. The van der Waals surface area contributed by atoms with E-state index in [1.54, 1.807) is 13.8 Å². The summed E-state index contributed by atoms with van der Waals surface area (Å²) in [5, 5.41) is 29.2. The molecule has 340 valence electrons. The molecule has 60 heavy (non-hydrogen) atoms. The van der Waals surface area contributed by atoms with Crippen LogP contribution >= 0.6 is 0 Å². The molecule has 1 aliphatic heterocycles. The molecular weight excluding hydrogens is 777 g/mol. The summed E-state index contributed by atoms with van der Waals surface area (Å²) in [7, 11) is 0. The summed E-state index contributed by atoms with van der Waals surface area (Å²) < 4.78 is 0. The summed E-state index contributed by atoms with van der Waals surface area (Å²) in [4.78, 5) is 84.6. The minimum absolute atomic E-state index is 0.0180.